The first-order chi connectivity index (χ1) is 9.47. The standard InChI is InChI=1S/C15H13Cl2NO2/c1-9(13-7-4-11(16)8-14(13)17)18-15(20)10-2-5-12(19)6-3-10/h2-9,19H,1H3,(H,18,20). The highest BCUT2D eigenvalue weighted by Crippen LogP contribution is 2.26. The largest absolute Gasteiger partial charge is 0.508 e. The predicted octanol–water partition coefficient (Wildman–Crippen LogP) is 4.19. The molecule has 2 N–H and O–H groups in total. The molecule has 0 spiro atoms. The summed E-state index contributed by atoms with van der Waals surface area (Å²) < 4.78 is 0. The van der Waals surface area contributed by atoms with Crippen LogP contribution in [0.1, 0.15) is 28.9 Å². The first-order valence-corrected chi connectivity index (χ1v) is 6.78. The second-order valence-electron chi connectivity index (χ2n) is 4.41. The fourth-order valence-corrected chi connectivity index (χ4v) is 2.40. The van der Waals surface area contributed by atoms with Crippen molar-refractivity contribution in [3.05, 3.63) is 63.6 Å². The van der Waals surface area contributed by atoms with E-state index in [1.165, 1.54) is 12.1 Å². The van der Waals surface area contributed by atoms with Crippen LogP contribution in [0.15, 0.2) is 42.5 Å². The van der Waals surface area contributed by atoms with Crippen molar-refractivity contribution in [3.8, 4) is 5.75 Å². The third-order valence-electron chi connectivity index (χ3n) is 2.91. The molecular formula is C15H13Cl2NO2. The lowest BCUT2D eigenvalue weighted by Gasteiger charge is -2.16. The molecule has 2 aromatic carbocycles. The Hall–Kier alpha value is -1.71. The van der Waals surface area contributed by atoms with Crippen molar-refractivity contribution < 1.29 is 9.90 Å². The molecule has 1 amide bonds. The average Bonchev–Trinajstić information content (AvgIpc) is 2.39. The molecule has 0 heterocycles. The first kappa shape index (κ1) is 14.7. The van der Waals surface area contributed by atoms with E-state index in [4.69, 9.17) is 23.2 Å². The molecule has 0 radical (unpaired) electrons. The molecule has 0 saturated carbocycles. The molecular weight excluding hydrogens is 297 g/mol. The van der Waals surface area contributed by atoms with Crippen LogP contribution in [0.25, 0.3) is 0 Å². The van der Waals surface area contributed by atoms with Gasteiger partial charge in [0, 0.05) is 15.6 Å². The minimum Gasteiger partial charge on any atom is -0.508 e. The van der Waals surface area contributed by atoms with E-state index < -0.39 is 0 Å². The SMILES string of the molecule is CC(NC(=O)c1ccc(O)cc1)c1ccc(Cl)cc1Cl. The van der Waals surface area contributed by atoms with Gasteiger partial charge in [0.1, 0.15) is 5.75 Å². The summed E-state index contributed by atoms with van der Waals surface area (Å²) in [4.78, 5) is 12.1. The lowest BCUT2D eigenvalue weighted by molar-refractivity contribution is 0.0940. The van der Waals surface area contributed by atoms with Gasteiger partial charge < -0.3 is 10.4 Å². The molecule has 1 unspecified atom stereocenters. The molecule has 2 aromatic rings. The fraction of sp³-hybridized carbons (Fsp3) is 0.133. The van der Waals surface area contributed by atoms with Crippen molar-refractivity contribution in [1.29, 1.82) is 0 Å². The van der Waals surface area contributed by atoms with Gasteiger partial charge in [0.2, 0.25) is 0 Å². The summed E-state index contributed by atoms with van der Waals surface area (Å²) >= 11 is 11.9. The summed E-state index contributed by atoms with van der Waals surface area (Å²) in [5.41, 5.74) is 1.27. The number of aromatic hydroxyl groups is 1. The second kappa shape index (κ2) is 6.16. The minimum atomic E-state index is -0.249. The van der Waals surface area contributed by atoms with Gasteiger partial charge in [-0.3, -0.25) is 4.79 Å². The maximum Gasteiger partial charge on any atom is 0.251 e. The van der Waals surface area contributed by atoms with Gasteiger partial charge in [-0.1, -0.05) is 29.3 Å². The second-order valence-corrected chi connectivity index (χ2v) is 5.25. The Balaban J connectivity index is 2.12. The van der Waals surface area contributed by atoms with Gasteiger partial charge in [0.25, 0.3) is 5.91 Å². The third-order valence-corrected chi connectivity index (χ3v) is 3.47. The Bertz CT molecular complexity index is 626. The van der Waals surface area contributed by atoms with Crippen LogP contribution in [0.2, 0.25) is 10.0 Å². The normalized spacial score (nSPS) is 11.9. The van der Waals surface area contributed by atoms with E-state index in [9.17, 15) is 9.90 Å². The highest BCUT2D eigenvalue weighted by Gasteiger charge is 2.14. The Kier molecular flexibility index (Phi) is 4.53. The summed E-state index contributed by atoms with van der Waals surface area (Å²) in [7, 11) is 0. The molecule has 0 aromatic heterocycles. The molecule has 2 rings (SSSR count). The zero-order valence-corrected chi connectivity index (χ0v) is 12.2. The molecule has 104 valence electrons. The molecule has 5 heteroatoms. The van der Waals surface area contributed by atoms with Crippen LogP contribution in [-0.4, -0.2) is 11.0 Å². The Labute approximate surface area is 127 Å². The van der Waals surface area contributed by atoms with Crippen LogP contribution in [0.4, 0.5) is 0 Å². The predicted molar refractivity (Wildman–Crippen MR) is 80.5 cm³/mol. The van der Waals surface area contributed by atoms with Crippen molar-refractivity contribution in [2.45, 2.75) is 13.0 Å². The van der Waals surface area contributed by atoms with E-state index in [1.807, 2.05) is 6.92 Å². The number of amides is 1. The van der Waals surface area contributed by atoms with Crippen LogP contribution in [0, 0.1) is 0 Å². The van der Waals surface area contributed by atoms with Crippen molar-refractivity contribution in [1.82, 2.24) is 5.32 Å². The molecule has 0 aliphatic heterocycles. The Morgan fingerprint density at radius 2 is 1.80 bits per heavy atom. The van der Waals surface area contributed by atoms with Crippen molar-refractivity contribution in [2.24, 2.45) is 0 Å². The van der Waals surface area contributed by atoms with E-state index in [-0.39, 0.29) is 17.7 Å². The average molecular weight is 310 g/mol. The van der Waals surface area contributed by atoms with Gasteiger partial charge in [-0.25, -0.2) is 0 Å². The maximum atomic E-state index is 12.1. The lowest BCUT2D eigenvalue weighted by Crippen LogP contribution is -2.26. The number of carbonyl (C=O) groups is 1. The maximum absolute atomic E-state index is 12.1. The van der Waals surface area contributed by atoms with Crippen molar-refractivity contribution >= 4 is 29.1 Å². The monoisotopic (exact) mass is 309 g/mol. The topological polar surface area (TPSA) is 49.3 Å². The number of nitrogens with one attached hydrogen (secondary N) is 1. The van der Waals surface area contributed by atoms with Crippen LogP contribution in [0.5, 0.6) is 5.75 Å². The van der Waals surface area contributed by atoms with E-state index in [0.717, 1.165) is 5.56 Å². The van der Waals surface area contributed by atoms with Gasteiger partial charge in [-0.2, -0.15) is 0 Å². The third kappa shape index (κ3) is 3.44. The molecule has 0 fully saturated rings. The summed E-state index contributed by atoms with van der Waals surface area (Å²) in [5, 5.41) is 13.1. The smallest absolute Gasteiger partial charge is 0.251 e. The van der Waals surface area contributed by atoms with Gasteiger partial charge in [-0.05, 0) is 48.9 Å². The van der Waals surface area contributed by atoms with E-state index in [2.05, 4.69) is 5.32 Å². The van der Waals surface area contributed by atoms with Crippen LogP contribution in [0.3, 0.4) is 0 Å². The van der Waals surface area contributed by atoms with Gasteiger partial charge in [0.15, 0.2) is 0 Å². The number of hydrogen-bond donors (Lipinski definition) is 2. The summed E-state index contributed by atoms with van der Waals surface area (Å²) in [6.45, 7) is 1.84. The number of carbonyl (C=O) groups excluding carboxylic acids is 1. The Morgan fingerprint density at radius 3 is 2.40 bits per heavy atom. The molecule has 20 heavy (non-hydrogen) atoms. The fourth-order valence-electron chi connectivity index (χ4n) is 1.82. The van der Waals surface area contributed by atoms with E-state index >= 15 is 0 Å². The molecule has 3 nitrogen and oxygen atoms in total. The molecule has 0 aliphatic carbocycles. The number of halogens is 2. The quantitative estimate of drug-likeness (QED) is 0.893. The molecule has 0 aliphatic rings. The van der Waals surface area contributed by atoms with Gasteiger partial charge in [0.05, 0.1) is 6.04 Å². The highest BCUT2D eigenvalue weighted by atomic mass is 35.5. The lowest BCUT2D eigenvalue weighted by atomic mass is 10.1. The number of hydrogen-bond acceptors (Lipinski definition) is 2. The van der Waals surface area contributed by atoms with Gasteiger partial charge >= 0.3 is 0 Å². The van der Waals surface area contributed by atoms with Crippen LogP contribution in [-0.2, 0) is 0 Å². The van der Waals surface area contributed by atoms with Crippen LogP contribution < -0.4 is 5.32 Å². The van der Waals surface area contributed by atoms with Crippen molar-refractivity contribution in [3.63, 3.8) is 0 Å². The molecule has 1 atom stereocenters. The molecule has 0 saturated heterocycles. The number of rotatable bonds is 3. The van der Waals surface area contributed by atoms with E-state index in [0.29, 0.717) is 15.6 Å². The zero-order chi connectivity index (χ0) is 14.7. The minimum absolute atomic E-state index is 0.121. The number of phenols is 1. The summed E-state index contributed by atoms with van der Waals surface area (Å²) in [6.07, 6.45) is 0. The highest BCUT2D eigenvalue weighted by molar-refractivity contribution is 6.35. The number of phenolic OH excluding ortho intramolecular Hbond substituents is 1. The first-order valence-electron chi connectivity index (χ1n) is 6.02. The van der Waals surface area contributed by atoms with Gasteiger partial charge in [-0.15, -0.1) is 0 Å². The Morgan fingerprint density at radius 1 is 1.15 bits per heavy atom. The number of benzene rings is 2. The summed E-state index contributed by atoms with van der Waals surface area (Å²) in [5.74, 6) is -0.112. The molecule has 0 bridgehead atoms. The van der Waals surface area contributed by atoms with E-state index in [1.54, 1.807) is 30.3 Å². The summed E-state index contributed by atoms with van der Waals surface area (Å²) in [6, 6.07) is 11.0. The zero-order valence-electron chi connectivity index (χ0n) is 10.7. The van der Waals surface area contributed by atoms with Crippen LogP contribution >= 0.6 is 23.2 Å². The van der Waals surface area contributed by atoms with Crippen molar-refractivity contribution in [2.75, 3.05) is 0 Å².